The van der Waals surface area contributed by atoms with E-state index in [0.717, 1.165) is 11.1 Å². The Kier molecular flexibility index (Phi) is 7.52. The van der Waals surface area contributed by atoms with Gasteiger partial charge < -0.3 is 15.4 Å². The quantitative estimate of drug-likeness (QED) is 0.731. The van der Waals surface area contributed by atoms with Crippen LogP contribution in [-0.2, 0) is 9.59 Å². The van der Waals surface area contributed by atoms with E-state index in [9.17, 15) is 14.0 Å². The summed E-state index contributed by atoms with van der Waals surface area (Å²) >= 11 is 0. The van der Waals surface area contributed by atoms with Gasteiger partial charge in [-0.1, -0.05) is 18.2 Å². The van der Waals surface area contributed by atoms with E-state index in [2.05, 4.69) is 10.6 Å². The van der Waals surface area contributed by atoms with Crippen molar-refractivity contribution in [3.05, 3.63) is 59.4 Å². The smallest absolute Gasteiger partial charge is 0.243 e. The van der Waals surface area contributed by atoms with Gasteiger partial charge in [-0.3, -0.25) is 14.5 Å². The fourth-order valence-corrected chi connectivity index (χ4v) is 2.71. The molecule has 0 saturated heterocycles. The van der Waals surface area contributed by atoms with Gasteiger partial charge in [0, 0.05) is 6.04 Å². The van der Waals surface area contributed by atoms with Gasteiger partial charge in [0.25, 0.3) is 0 Å². The fraction of sp³-hybridized carbons (Fsp3) is 0.333. The van der Waals surface area contributed by atoms with Gasteiger partial charge in [0.15, 0.2) is 0 Å². The summed E-state index contributed by atoms with van der Waals surface area (Å²) in [5, 5.41) is 5.34. The van der Waals surface area contributed by atoms with E-state index in [0.29, 0.717) is 11.4 Å². The maximum absolute atomic E-state index is 13.0. The van der Waals surface area contributed by atoms with Crippen LogP contribution in [0.4, 0.5) is 10.1 Å². The minimum Gasteiger partial charge on any atom is -0.495 e. The van der Waals surface area contributed by atoms with Crippen LogP contribution in [0.2, 0.25) is 0 Å². The average Bonchev–Trinajstić information content (AvgIpc) is 2.66. The Hall–Kier alpha value is -2.93. The van der Waals surface area contributed by atoms with Crippen LogP contribution in [-0.4, -0.2) is 44.0 Å². The molecule has 0 aromatic heterocycles. The number of likely N-dealkylation sites (N-methyl/N-ethyl adjacent to an activating group) is 1. The molecule has 0 radical (unpaired) electrons. The average molecular weight is 387 g/mol. The van der Waals surface area contributed by atoms with E-state index in [1.807, 2.05) is 24.8 Å². The van der Waals surface area contributed by atoms with Crippen LogP contribution in [0.5, 0.6) is 5.75 Å². The summed E-state index contributed by atoms with van der Waals surface area (Å²) < 4.78 is 18.3. The number of amides is 2. The van der Waals surface area contributed by atoms with Crippen molar-refractivity contribution in [2.75, 3.05) is 32.6 Å². The number of aryl methyl sites for hydroxylation is 1. The molecule has 0 fully saturated rings. The lowest BCUT2D eigenvalue weighted by atomic mass is 10.1. The zero-order valence-electron chi connectivity index (χ0n) is 16.6. The molecule has 2 amide bonds. The molecule has 2 rings (SSSR count). The van der Waals surface area contributed by atoms with E-state index in [1.165, 1.54) is 19.2 Å². The van der Waals surface area contributed by atoms with Crippen LogP contribution in [0, 0.1) is 12.7 Å². The zero-order chi connectivity index (χ0) is 20.7. The lowest BCUT2D eigenvalue weighted by molar-refractivity contribution is -0.125. The van der Waals surface area contributed by atoms with Crippen LogP contribution >= 0.6 is 0 Å². The third kappa shape index (κ3) is 6.06. The zero-order valence-corrected chi connectivity index (χ0v) is 16.6. The number of hydrogen-bond donors (Lipinski definition) is 2. The van der Waals surface area contributed by atoms with E-state index in [1.54, 1.807) is 31.3 Å². The first-order valence-electron chi connectivity index (χ1n) is 8.97. The Bertz CT molecular complexity index is 824. The third-order valence-electron chi connectivity index (χ3n) is 4.48. The van der Waals surface area contributed by atoms with Gasteiger partial charge in [0.05, 0.1) is 25.9 Å². The number of rotatable bonds is 8. The Morgan fingerprint density at radius 3 is 2.46 bits per heavy atom. The second kappa shape index (κ2) is 9.85. The molecule has 2 N–H and O–H groups in total. The highest BCUT2D eigenvalue weighted by atomic mass is 19.1. The van der Waals surface area contributed by atoms with Gasteiger partial charge in [-0.2, -0.15) is 0 Å². The van der Waals surface area contributed by atoms with Crippen LogP contribution in [0.3, 0.4) is 0 Å². The summed E-state index contributed by atoms with van der Waals surface area (Å²) in [7, 11) is 3.32. The predicted octanol–water partition coefficient (Wildman–Crippen LogP) is 2.89. The molecule has 0 spiro atoms. The number of halogens is 1. The lowest BCUT2D eigenvalue weighted by Gasteiger charge is -2.24. The minimum atomic E-state index is -0.341. The highest BCUT2D eigenvalue weighted by Gasteiger charge is 2.16. The number of methoxy groups -OCH3 is 1. The van der Waals surface area contributed by atoms with Crippen molar-refractivity contribution in [1.29, 1.82) is 0 Å². The van der Waals surface area contributed by atoms with Crippen LogP contribution < -0.4 is 15.4 Å². The normalized spacial score (nSPS) is 11.8. The van der Waals surface area contributed by atoms with Crippen LogP contribution in [0.15, 0.2) is 42.5 Å². The Morgan fingerprint density at radius 1 is 1.14 bits per heavy atom. The summed E-state index contributed by atoms with van der Waals surface area (Å²) in [5.41, 5.74) is 2.45. The van der Waals surface area contributed by atoms with Crippen molar-refractivity contribution >= 4 is 17.5 Å². The van der Waals surface area contributed by atoms with E-state index >= 15 is 0 Å². The first-order valence-corrected chi connectivity index (χ1v) is 8.97. The molecule has 0 unspecified atom stereocenters. The van der Waals surface area contributed by atoms with Crippen molar-refractivity contribution in [3.8, 4) is 5.75 Å². The monoisotopic (exact) mass is 387 g/mol. The summed E-state index contributed by atoms with van der Waals surface area (Å²) in [6, 6.07) is 11.6. The molecule has 0 aliphatic carbocycles. The number of ether oxygens (including phenoxy) is 1. The number of carbonyl (C=O) groups excluding carboxylic acids is 2. The fourth-order valence-electron chi connectivity index (χ4n) is 2.71. The largest absolute Gasteiger partial charge is 0.495 e. The molecule has 0 bridgehead atoms. The summed E-state index contributed by atoms with van der Waals surface area (Å²) in [6.07, 6.45) is 0. The molecular weight excluding hydrogens is 361 g/mol. The highest BCUT2D eigenvalue weighted by molar-refractivity contribution is 5.96. The lowest BCUT2D eigenvalue weighted by Crippen LogP contribution is -2.40. The van der Waals surface area contributed by atoms with Gasteiger partial charge in [-0.25, -0.2) is 4.39 Å². The summed E-state index contributed by atoms with van der Waals surface area (Å²) in [5.74, 6) is -0.361. The van der Waals surface area contributed by atoms with E-state index in [4.69, 9.17) is 4.74 Å². The molecule has 28 heavy (non-hydrogen) atoms. The van der Waals surface area contributed by atoms with E-state index in [-0.39, 0.29) is 36.8 Å². The van der Waals surface area contributed by atoms with Crippen molar-refractivity contribution in [3.63, 3.8) is 0 Å². The molecule has 2 aromatic rings. The molecule has 0 aliphatic rings. The minimum absolute atomic E-state index is 0.0725. The molecule has 0 saturated carbocycles. The second-order valence-electron chi connectivity index (χ2n) is 6.67. The number of nitrogens with zero attached hydrogens (tertiary/aromatic N) is 1. The Morgan fingerprint density at radius 2 is 1.82 bits per heavy atom. The number of carbonyl (C=O) groups is 2. The number of anilines is 1. The molecule has 0 heterocycles. The molecule has 6 nitrogen and oxygen atoms in total. The molecule has 7 heteroatoms. The molecule has 2 aromatic carbocycles. The van der Waals surface area contributed by atoms with Gasteiger partial charge in [-0.15, -0.1) is 0 Å². The topological polar surface area (TPSA) is 70.7 Å². The SMILES string of the molecule is COc1ccc(C)cc1NC(=O)CNC(=O)CN(C)[C@H](C)c1ccc(F)cc1. The number of nitrogens with one attached hydrogen (secondary N) is 2. The van der Waals surface area contributed by atoms with Crippen LogP contribution in [0.25, 0.3) is 0 Å². The first-order chi connectivity index (χ1) is 13.3. The third-order valence-corrected chi connectivity index (χ3v) is 4.48. The number of benzene rings is 2. The maximum atomic E-state index is 13.0. The van der Waals surface area contributed by atoms with Crippen molar-refractivity contribution < 1.29 is 18.7 Å². The standard InChI is InChI=1S/C21H26FN3O3/c1-14-5-10-19(28-4)18(11-14)24-20(26)12-23-21(27)13-25(3)15(2)16-6-8-17(22)9-7-16/h5-11,15H,12-13H2,1-4H3,(H,23,27)(H,24,26)/t15-/m1/s1. The van der Waals surface area contributed by atoms with E-state index < -0.39 is 0 Å². The predicted molar refractivity (Wildman–Crippen MR) is 107 cm³/mol. The molecule has 1 atom stereocenters. The van der Waals surface area contributed by atoms with Crippen molar-refractivity contribution in [2.45, 2.75) is 19.9 Å². The molecular formula is C21H26FN3O3. The maximum Gasteiger partial charge on any atom is 0.243 e. The van der Waals surface area contributed by atoms with Gasteiger partial charge >= 0.3 is 0 Å². The Labute approximate surface area is 164 Å². The van der Waals surface area contributed by atoms with Crippen molar-refractivity contribution in [1.82, 2.24) is 10.2 Å². The summed E-state index contributed by atoms with van der Waals surface area (Å²) in [6.45, 7) is 3.81. The van der Waals surface area contributed by atoms with Gasteiger partial charge in [-0.05, 0) is 56.3 Å². The van der Waals surface area contributed by atoms with Gasteiger partial charge in [0.1, 0.15) is 11.6 Å². The number of hydrogen-bond acceptors (Lipinski definition) is 4. The van der Waals surface area contributed by atoms with Crippen molar-refractivity contribution in [2.24, 2.45) is 0 Å². The first kappa shape index (κ1) is 21.4. The molecule has 0 aliphatic heterocycles. The molecule has 150 valence electrons. The Balaban J connectivity index is 1.83. The second-order valence-corrected chi connectivity index (χ2v) is 6.67. The van der Waals surface area contributed by atoms with Gasteiger partial charge in [0.2, 0.25) is 11.8 Å². The summed E-state index contributed by atoms with van der Waals surface area (Å²) in [4.78, 5) is 26.1. The van der Waals surface area contributed by atoms with Crippen LogP contribution in [0.1, 0.15) is 24.1 Å². The highest BCUT2D eigenvalue weighted by Crippen LogP contribution is 2.25.